The Morgan fingerprint density at radius 2 is 1.92 bits per heavy atom. The van der Waals surface area contributed by atoms with Gasteiger partial charge in [0.05, 0.1) is 10.7 Å². The highest BCUT2D eigenvalue weighted by molar-refractivity contribution is 7.14. The lowest BCUT2D eigenvalue weighted by Gasteiger charge is -2.04. The second kappa shape index (κ2) is 6.77. The Labute approximate surface area is 155 Å². The predicted octanol–water partition coefficient (Wildman–Crippen LogP) is 5.08. The van der Waals surface area contributed by atoms with Gasteiger partial charge in [0.15, 0.2) is 0 Å². The molecule has 0 atom stereocenters. The summed E-state index contributed by atoms with van der Waals surface area (Å²) in [6.07, 6.45) is 0.744. The molecule has 0 aliphatic heterocycles. The highest BCUT2D eigenvalue weighted by atomic mass is 32.1. The number of amides is 1. The van der Waals surface area contributed by atoms with E-state index in [1.54, 1.807) is 0 Å². The number of rotatable bonds is 4. The molecule has 4 aromatic rings. The van der Waals surface area contributed by atoms with E-state index < -0.39 is 0 Å². The molecule has 26 heavy (non-hydrogen) atoms. The van der Waals surface area contributed by atoms with Crippen LogP contribution in [0.1, 0.15) is 31.6 Å². The number of fused-ring (bicyclic) bond motifs is 1. The fourth-order valence-electron chi connectivity index (χ4n) is 3.05. The summed E-state index contributed by atoms with van der Waals surface area (Å²) < 4.78 is 0. The maximum atomic E-state index is 12.7. The second-order valence-electron chi connectivity index (χ2n) is 6.39. The zero-order chi connectivity index (χ0) is 18.1. The Bertz CT molecular complexity index is 1080. The Morgan fingerprint density at radius 1 is 1.12 bits per heavy atom. The minimum Gasteiger partial charge on any atom is -0.359 e. The van der Waals surface area contributed by atoms with Crippen molar-refractivity contribution in [2.75, 3.05) is 5.32 Å². The Hall–Kier alpha value is -2.92. The third-order valence-electron chi connectivity index (χ3n) is 4.26. The molecule has 2 heterocycles. The number of aromatic nitrogens is 2. The molecule has 0 saturated heterocycles. The molecule has 0 radical (unpaired) electrons. The van der Waals surface area contributed by atoms with Crippen LogP contribution in [-0.4, -0.2) is 15.9 Å². The van der Waals surface area contributed by atoms with Gasteiger partial charge >= 0.3 is 0 Å². The number of nitrogens with zero attached hydrogens (tertiary/aromatic N) is 1. The van der Waals surface area contributed by atoms with Crippen LogP contribution in [0.3, 0.4) is 0 Å². The van der Waals surface area contributed by atoms with Crippen LogP contribution in [0.5, 0.6) is 0 Å². The highest BCUT2D eigenvalue weighted by Crippen LogP contribution is 2.24. The maximum absolute atomic E-state index is 12.7. The first-order valence-electron chi connectivity index (χ1n) is 8.49. The summed E-state index contributed by atoms with van der Waals surface area (Å²) in [6, 6.07) is 18.1. The van der Waals surface area contributed by atoms with Crippen LogP contribution >= 0.6 is 11.3 Å². The van der Waals surface area contributed by atoms with E-state index in [2.05, 4.69) is 33.5 Å². The van der Waals surface area contributed by atoms with E-state index in [4.69, 9.17) is 0 Å². The van der Waals surface area contributed by atoms with Crippen molar-refractivity contribution >= 4 is 33.8 Å². The number of aromatic amines is 1. The van der Waals surface area contributed by atoms with Crippen molar-refractivity contribution in [3.05, 3.63) is 81.4 Å². The summed E-state index contributed by atoms with van der Waals surface area (Å²) in [6.45, 7) is 3.91. The van der Waals surface area contributed by atoms with E-state index in [-0.39, 0.29) is 5.91 Å². The minimum absolute atomic E-state index is 0.106. The van der Waals surface area contributed by atoms with Crippen molar-refractivity contribution in [3.8, 4) is 0 Å². The van der Waals surface area contributed by atoms with Crippen LogP contribution in [0, 0.1) is 13.8 Å². The number of H-pyrrole nitrogens is 1. The van der Waals surface area contributed by atoms with E-state index in [1.165, 1.54) is 16.9 Å². The van der Waals surface area contributed by atoms with Crippen LogP contribution in [0.2, 0.25) is 0 Å². The van der Waals surface area contributed by atoms with Crippen molar-refractivity contribution in [1.82, 2.24) is 9.97 Å². The fourth-order valence-corrected chi connectivity index (χ4v) is 4.05. The van der Waals surface area contributed by atoms with Crippen LogP contribution in [-0.2, 0) is 6.42 Å². The Morgan fingerprint density at radius 3 is 2.73 bits per heavy atom. The molecule has 2 aromatic carbocycles. The van der Waals surface area contributed by atoms with Crippen LogP contribution < -0.4 is 5.32 Å². The molecule has 4 nitrogen and oxygen atoms in total. The average molecular weight is 361 g/mol. The first-order chi connectivity index (χ1) is 12.6. The molecule has 2 N–H and O–H groups in total. The molecule has 0 aliphatic rings. The number of aryl methyl sites for hydroxylation is 2. The van der Waals surface area contributed by atoms with Gasteiger partial charge in [-0.1, -0.05) is 30.3 Å². The number of thiazole rings is 1. The third-order valence-corrected chi connectivity index (χ3v) is 5.41. The molecular formula is C21H19N3OS. The number of carbonyl (C=O) groups is 1. The average Bonchev–Trinajstić information content (AvgIpc) is 3.16. The monoisotopic (exact) mass is 361 g/mol. The van der Waals surface area contributed by atoms with Gasteiger partial charge in [-0.3, -0.25) is 4.79 Å². The summed E-state index contributed by atoms with van der Waals surface area (Å²) in [5.74, 6) is -0.106. The number of anilines is 1. The summed E-state index contributed by atoms with van der Waals surface area (Å²) in [5, 5.41) is 5.04. The zero-order valence-corrected chi connectivity index (χ0v) is 15.5. The van der Waals surface area contributed by atoms with Crippen molar-refractivity contribution in [2.24, 2.45) is 0 Å². The summed E-state index contributed by atoms with van der Waals surface area (Å²) in [4.78, 5) is 21.2. The van der Waals surface area contributed by atoms with Gasteiger partial charge in [0.2, 0.25) is 0 Å². The maximum Gasteiger partial charge on any atom is 0.267 e. The second-order valence-corrected chi connectivity index (χ2v) is 7.48. The van der Waals surface area contributed by atoms with Gasteiger partial charge in [-0.15, -0.1) is 11.3 Å². The van der Waals surface area contributed by atoms with Gasteiger partial charge in [0, 0.05) is 28.7 Å². The quantitative estimate of drug-likeness (QED) is 0.532. The lowest BCUT2D eigenvalue weighted by atomic mass is 10.2. The molecule has 130 valence electrons. The molecule has 0 fully saturated rings. The van der Waals surface area contributed by atoms with E-state index in [1.807, 2.05) is 50.2 Å². The first-order valence-corrected chi connectivity index (χ1v) is 9.31. The number of hydrogen-bond acceptors (Lipinski definition) is 3. The topological polar surface area (TPSA) is 57.8 Å². The molecule has 4 rings (SSSR count). The minimum atomic E-state index is -0.106. The number of hydrogen-bond donors (Lipinski definition) is 2. The highest BCUT2D eigenvalue weighted by Gasteiger charge is 2.16. The fraction of sp³-hybridized carbons (Fsp3) is 0.143. The van der Waals surface area contributed by atoms with E-state index >= 15 is 0 Å². The van der Waals surface area contributed by atoms with Gasteiger partial charge in [-0.05, 0) is 43.7 Å². The number of carbonyl (C=O) groups excluding carboxylic acids is 1. The van der Waals surface area contributed by atoms with Crippen molar-refractivity contribution < 1.29 is 4.79 Å². The summed E-state index contributed by atoms with van der Waals surface area (Å²) in [5.41, 5.74) is 4.93. The Balaban J connectivity index is 1.53. The van der Waals surface area contributed by atoms with E-state index in [0.29, 0.717) is 4.88 Å². The standard InChI is InChI=1S/C21H19N3OS/c1-13-10-16-12-17(8-9-18(16)22-13)24-21(25)20-14(2)23-19(26-20)11-15-6-4-3-5-7-15/h3-10,12,22H,11H2,1-2H3,(H,24,25). The summed E-state index contributed by atoms with van der Waals surface area (Å²) in [7, 11) is 0. The van der Waals surface area contributed by atoms with Gasteiger partial charge < -0.3 is 10.3 Å². The van der Waals surface area contributed by atoms with Gasteiger partial charge in [-0.2, -0.15) is 0 Å². The van der Waals surface area contributed by atoms with Crippen molar-refractivity contribution in [3.63, 3.8) is 0 Å². The SMILES string of the molecule is Cc1cc2cc(NC(=O)c3sc(Cc4ccccc4)nc3C)ccc2[nH]1. The zero-order valence-electron chi connectivity index (χ0n) is 14.7. The van der Waals surface area contributed by atoms with Crippen molar-refractivity contribution in [2.45, 2.75) is 20.3 Å². The third kappa shape index (κ3) is 3.39. The van der Waals surface area contributed by atoms with E-state index in [9.17, 15) is 4.79 Å². The smallest absolute Gasteiger partial charge is 0.267 e. The van der Waals surface area contributed by atoms with E-state index in [0.717, 1.165) is 39.4 Å². The molecule has 5 heteroatoms. The van der Waals surface area contributed by atoms with Gasteiger partial charge in [-0.25, -0.2) is 4.98 Å². The largest absolute Gasteiger partial charge is 0.359 e. The first kappa shape index (κ1) is 16.5. The normalized spacial score (nSPS) is 11.0. The lowest BCUT2D eigenvalue weighted by molar-refractivity contribution is 0.103. The summed E-state index contributed by atoms with van der Waals surface area (Å²) >= 11 is 1.46. The molecule has 0 spiro atoms. The van der Waals surface area contributed by atoms with Crippen LogP contribution in [0.4, 0.5) is 5.69 Å². The molecule has 0 bridgehead atoms. The number of benzene rings is 2. The van der Waals surface area contributed by atoms with Gasteiger partial charge in [0.1, 0.15) is 4.88 Å². The lowest BCUT2D eigenvalue weighted by Crippen LogP contribution is -2.11. The molecule has 0 aliphatic carbocycles. The van der Waals surface area contributed by atoms with Gasteiger partial charge in [0.25, 0.3) is 5.91 Å². The number of nitrogens with one attached hydrogen (secondary N) is 2. The molecular weight excluding hydrogens is 342 g/mol. The molecule has 0 saturated carbocycles. The van der Waals surface area contributed by atoms with Crippen molar-refractivity contribution in [1.29, 1.82) is 0 Å². The Kier molecular flexibility index (Phi) is 4.31. The predicted molar refractivity (Wildman–Crippen MR) is 107 cm³/mol. The van der Waals surface area contributed by atoms with Crippen LogP contribution in [0.25, 0.3) is 10.9 Å². The van der Waals surface area contributed by atoms with Crippen LogP contribution in [0.15, 0.2) is 54.6 Å². The molecule has 0 unspecified atom stereocenters. The molecule has 2 aromatic heterocycles. The molecule has 1 amide bonds.